The monoisotopic (exact) mass is 190 g/mol. The molecule has 0 saturated carbocycles. The third kappa shape index (κ3) is 3.36. The van der Waals surface area contributed by atoms with Crippen molar-refractivity contribution in [1.29, 1.82) is 0 Å². The van der Waals surface area contributed by atoms with Crippen LogP contribution < -0.4 is 0 Å². The Bertz CT molecular complexity index is 118. The van der Waals surface area contributed by atoms with Gasteiger partial charge in [-0.15, -0.1) is 0 Å². The lowest BCUT2D eigenvalue weighted by Gasteiger charge is -2.25. The van der Waals surface area contributed by atoms with E-state index in [-0.39, 0.29) is 6.42 Å². The molecule has 0 nitrogen and oxygen atoms in total. The molecule has 0 amide bonds. The van der Waals surface area contributed by atoms with Crippen LogP contribution in [-0.2, 0) is 0 Å². The summed E-state index contributed by atoms with van der Waals surface area (Å²) in [6.07, 6.45) is -5.21. The molecule has 0 N–H and O–H groups in total. The highest BCUT2D eigenvalue weighted by Gasteiger charge is 2.51. The predicted molar refractivity (Wildman–Crippen MR) is 35.1 cm³/mol. The van der Waals surface area contributed by atoms with Crippen molar-refractivity contribution in [2.75, 3.05) is 0 Å². The fourth-order valence-electron chi connectivity index (χ4n) is 0.993. The van der Waals surface area contributed by atoms with Crippen LogP contribution in [0.15, 0.2) is 0 Å². The van der Waals surface area contributed by atoms with Gasteiger partial charge >= 0.3 is 6.18 Å². The molecule has 0 fully saturated rings. The molecule has 0 aliphatic carbocycles. The Morgan fingerprint density at radius 1 is 1.08 bits per heavy atom. The van der Waals surface area contributed by atoms with E-state index < -0.39 is 24.4 Å². The van der Waals surface area contributed by atoms with Crippen LogP contribution in [0, 0.1) is 5.92 Å². The van der Waals surface area contributed by atoms with Gasteiger partial charge in [0, 0.05) is 0 Å². The number of hydrogen-bond donors (Lipinski definition) is 0. The highest BCUT2D eigenvalue weighted by Crippen LogP contribution is 2.40. The summed E-state index contributed by atoms with van der Waals surface area (Å²) >= 11 is 0. The second-order valence-electron chi connectivity index (χ2n) is 2.84. The van der Waals surface area contributed by atoms with Gasteiger partial charge < -0.3 is 0 Å². The molecule has 0 radical (unpaired) electrons. The average molecular weight is 190 g/mol. The molecule has 0 aromatic heterocycles. The molecule has 74 valence electrons. The summed E-state index contributed by atoms with van der Waals surface area (Å²) < 4.78 is 60.5. The topological polar surface area (TPSA) is 0 Å². The van der Waals surface area contributed by atoms with Crippen molar-refractivity contribution in [3.8, 4) is 0 Å². The minimum Gasteiger partial charge on any atom is -0.207 e. The molecule has 0 aliphatic heterocycles. The highest BCUT2D eigenvalue weighted by atomic mass is 19.4. The Morgan fingerprint density at radius 2 is 1.50 bits per heavy atom. The summed E-state index contributed by atoms with van der Waals surface area (Å²) in [5.74, 6) is -6.18. The summed E-state index contributed by atoms with van der Waals surface area (Å²) in [4.78, 5) is 0. The van der Waals surface area contributed by atoms with E-state index in [1.165, 1.54) is 6.92 Å². The van der Waals surface area contributed by atoms with Crippen molar-refractivity contribution in [3.63, 3.8) is 0 Å². The Balaban J connectivity index is 4.45. The van der Waals surface area contributed by atoms with Crippen molar-refractivity contribution in [3.05, 3.63) is 0 Å². The van der Waals surface area contributed by atoms with Gasteiger partial charge in [0.25, 0.3) is 5.92 Å². The number of hydrogen-bond acceptors (Lipinski definition) is 0. The maximum Gasteiger partial charge on any atom is 0.397 e. The maximum absolute atomic E-state index is 12.3. The third-order valence-corrected chi connectivity index (χ3v) is 1.58. The van der Waals surface area contributed by atoms with Gasteiger partial charge in [0.1, 0.15) is 5.92 Å². The molecule has 0 aromatic carbocycles. The Kier molecular flexibility index (Phi) is 3.47. The van der Waals surface area contributed by atoms with Crippen LogP contribution >= 0.6 is 0 Å². The van der Waals surface area contributed by atoms with E-state index in [2.05, 4.69) is 0 Å². The average Bonchev–Trinajstić information content (AvgIpc) is 1.77. The first kappa shape index (κ1) is 11.6. The Hall–Kier alpha value is -0.350. The van der Waals surface area contributed by atoms with Crippen LogP contribution in [0.4, 0.5) is 22.0 Å². The normalized spacial score (nSPS) is 16.2. The lowest BCUT2D eigenvalue weighted by atomic mass is 9.97. The largest absolute Gasteiger partial charge is 0.397 e. The van der Waals surface area contributed by atoms with Gasteiger partial charge in [0.15, 0.2) is 0 Å². The summed E-state index contributed by atoms with van der Waals surface area (Å²) in [5, 5.41) is 0. The maximum atomic E-state index is 12.3. The first-order valence-electron chi connectivity index (χ1n) is 3.64. The lowest BCUT2D eigenvalue weighted by molar-refractivity contribution is -0.236. The van der Waals surface area contributed by atoms with E-state index in [0.29, 0.717) is 6.92 Å². The van der Waals surface area contributed by atoms with Crippen LogP contribution in [0.25, 0.3) is 0 Å². The second-order valence-corrected chi connectivity index (χ2v) is 2.84. The van der Waals surface area contributed by atoms with E-state index in [4.69, 9.17) is 0 Å². The second kappa shape index (κ2) is 3.58. The molecule has 0 bridgehead atoms. The van der Waals surface area contributed by atoms with Crippen molar-refractivity contribution < 1.29 is 22.0 Å². The minimum absolute atomic E-state index is 0.105. The molecule has 0 aromatic rings. The lowest BCUT2D eigenvalue weighted by Crippen LogP contribution is -2.37. The van der Waals surface area contributed by atoms with Crippen LogP contribution in [0.2, 0.25) is 0 Å². The van der Waals surface area contributed by atoms with E-state index in [1.807, 2.05) is 0 Å². The third-order valence-electron chi connectivity index (χ3n) is 1.58. The van der Waals surface area contributed by atoms with Gasteiger partial charge in [0.2, 0.25) is 0 Å². The van der Waals surface area contributed by atoms with E-state index >= 15 is 0 Å². The zero-order valence-corrected chi connectivity index (χ0v) is 6.88. The highest BCUT2D eigenvalue weighted by molar-refractivity contribution is 4.78. The summed E-state index contributed by atoms with van der Waals surface area (Å²) in [5.41, 5.74) is 0. The standard InChI is InChI=1S/C7H11F5/c1-3-4-5(6(2,8)9)7(10,11)12/h5H,3-4H2,1-2H3. The van der Waals surface area contributed by atoms with E-state index in [1.54, 1.807) is 0 Å². The molecule has 1 atom stereocenters. The molecule has 1 unspecified atom stereocenters. The molecular formula is C7H11F5. The molecule has 0 saturated heterocycles. The number of rotatable bonds is 3. The van der Waals surface area contributed by atoms with Crippen molar-refractivity contribution in [1.82, 2.24) is 0 Å². The summed E-state index contributed by atoms with van der Waals surface area (Å²) in [6.45, 7) is 1.76. The fraction of sp³-hybridized carbons (Fsp3) is 1.00. The van der Waals surface area contributed by atoms with Crippen LogP contribution in [0.5, 0.6) is 0 Å². The molecule has 12 heavy (non-hydrogen) atoms. The zero-order chi connectivity index (χ0) is 9.99. The molecule has 0 heterocycles. The van der Waals surface area contributed by atoms with Gasteiger partial charge in [-0.3, -0.25) is 0 Å². The van der Waals surface area contributed by atoms with Gasteiger partial charge in [-0.25, -0.2) is 8.78 Å². The minimum atomic E-state index is -4.80. The molecular weight excluding hydrogens is 179 g/mol. The van der Waals surface area contributed by atoms with E-state index in [9.17, 15) is 22.0 Å². The van der Waals surface area contributed by atoms with Crippen molar-refractivity contribution in [2.45, 2.75) is 38.8 Å². The number of halogens is 5. The smallest absolute Gasteiger partial charge is 0.207 e. The van der Waals surface area contributed by atoms with Gasteiger partial charge in [-0.2, -0.15) is 13.2 Å². The SMILES string of the molecule is CCCC(C(C)(F)F)C(F)(F)F. The summed E-state index contributed by atoms with van der Waals surface area (Å²) in [6, 6.07) is 0. The predicted octanol–water partition coefficient (Wildman–Crippen LogP) is 3.62. The van der Waals surface area contributed by atoms with E-state index in [0.717, 1.165) is 0 Å². The molecule has 0 aliphatic rings. The summed E-state index contributed by atoms with van der Waals surface area (Å²) in [7, 11) is 0. The van der Waals surface area contributed by atoms with Crippen molar-refractivity contribution in [2.24, 2.45) is 5.92 Å². The van der Waals surface area contributed by atoms with Gasteiger partial charge in [-0.1, -0.05) is 13.3 Å². The first-order valence-corrected chi connectivity index (χ1v) is 3.64. The van der Waals surface area contributed by atoms with Crippen LogP contribution in [-0.4, -0.2) is 12.1 Å². The molecule has 5 heteroatoms. The molecule has 0 rings (SSSR count). The quantitative estimate of drug-likeness (QED) is 0.596. The molecule has 0 spiro atoms. The first-order chi connectivity index (χ1) is 5.19. The fourth-order valence-corrected chi connectivity index (χ4v) is 0.993. The van der Waals surface area contributed by atoms with Crippen LogP contribution in [0.1, 0.15) is 26.7 Å². The van der Waals surface area contributed by atoms with Crippen molar-refractivity contribution >= 4 is 0 Å². The Labute approximate surface area is 67.8 Å². The Morgan fingerprint density at radius 3 is 1.58 bits per heavy atom. The number of alkyl halides is 5. The van der Waals surface area contributed by atoms with Gasteiger partial charge in [-0.05, 0) is 13.3 Å². The van der Waals surface area contributed by atoms with Crippen LogP contribution in [0.3, 0.4) is 0 Å². The van der Waals surface area contributed by atoms with Gasteiger partial charge in [0.05, 0.1) is 0 Å². The zero-order valence-electron chi connectivity index (χ0n) is 6.88.